The van der Waals surface area contributed by atoms with Gasteiger partial charge in [0.2, 0.25) is 5.91 Å². The minimum absolute atomic E-state index is 0.0547. The van der Waals surface area contributed by atoms with E-state index in [-0.39, 0.29) is 17.4 Å². The fourth-order valence-electron chi connectivity index (χ4n) is 4.20. The molecule has 5 heteroatoms. The summed E-state index contributed by atoms with van der Waals surface area (Å²) < 4.78 is 11.0. The Bertz CT molecular complexity index is 357. The molecule has 2 saturated heterocycles. The van der Waals surface area contributed by atoms with E-state index >= 15 is 0 Å². The summed E-state index contributed by atoms with van der Waals surface area (Å²) in [5.41, 5.74) is 0.160. The number of amides is 1. The first-order valence-electron chi connectivity index (χ1n) is 8.98. The summed E-state index contributed by atoms with van der Waals surface area (Å²) >= 11 is 0. The second kappa shape index (κ2) is 7.75. The molecule has 5 nitrogen and oxygen atoms in total. The van der Waals surface area contributed by atoms with Crippen molar-refractivity contribution in [3.05, 3.63) is 0 Å². The lowest BCUT2D eigenvalue weighted by Gasteiger charge is -2.48. The first kappa shape index (κ1) is 16.2. The van der Waals surface area contributed by atoms with E-state index in [1.54, 1.807) is 0 Å². The maximum atomic E-state index is 12.4. The van der Waals surface area contributed by atoms with Crippen LogP contribution in [0.1, 0.15) is 44.9 Å². The molecule has 2 heterocycles. The predicted molar refractivity (Wildman–Crippen MR) is 84.8 cm³/mol. The van der Waals surface area contributed by atoms with Crippen LogP contribution in [-0.4, -0.2) is 62.4 Å². The van der Waals surface area contributed by atoms with Crippen molar-refractivity contribution in [2.75, 3.05) is 46.1 Å². The molecule has 1 atom stereocenters. The van der Waals surface area contributed by atoms with E-state index in [2.05, 4.69) is 10.2 Å². The molecule has 0 spiro atoms. The second-order valence-electron chi connectivity index (χ2n) is 7.02. The van der Waals surface area contributed by atoms with Crippen LogP contribution in [0.4, 0.5) is 0 Å². The zero-order valence-electron chi connectivity index (χ0n) is 13.6. The van der Waals surface area contributed by atoms with Gasteiger partial charge >= 0.3 is 0 Å². The van der Waals surface area contributed by atoms with Gasteiger partial charge in [0.05, 0.1) is 25.7 Å². The Morgan fingerprint density at radius 2 is 1.82 bits per heavy atom. The van der Waals surface area contributed by atoms with Crippen molar-refractivity contribution in [3.8, 4) is 0 Å². The molecule has 0 radical (unpaired) electrons. The van der Waals surface area contributed by atoms with Crippen LogP contribution in [0.15, 0.2) is 0 Å². The molecule has 3 aliphatic rings. The van der Waals surface area contributed by atoms with Crippen LogP contribution in [0, 0.1) is 5.92 Å². The molecular weight excluding hydrogens is 280 g/mol. The maximum absolute atomic E-state index is 12.4. The highest BCUT2D eigenvalue weighted by molar-refractivity contribution is 5.78. The first-order chi connectivity index (χ1) is 10.8. The molecular formula is C17H30N2O3. The highest BCUT2D eigenvalue weighted by atomic mass is 16.5. The summed E-state index contributed by atoms with van der Waals surface area (Å²) in [4.78, 5) is 15.0. The van der Waals surface area contributed by atoms with Gasteiger partial charge in [-0.2, -0.15) is 0 Å². The van der Waals surface area contributed by atoms with Gasteiger partial charge in [-0.05, 0) is 25.7 Å². The van der Waals surface area contributed by atoms with Gasteiger partial charge in [0.25, 0.3) is 0 Å². The fraction of sp³-hybridized carbons (Fsp3) is 0.941. The molecule has 3 fully saturated rings. The van der Waals surface area contributed by atoms with Crippen molar-refractivity contribution < 1.29 is 14.3 Å². The van der Waals surface area contributed by atoms with E-state index in [1.165, 1.54) is 32.1 Å². The van der Waals surface area contributed by atoms with Crippen LogP contribution in [0.2, 0.25) is 0 Å². The molecule has 0 aromatic rings. The normalized spacial score (nSPS) is 29.9. The Hall–Kier alpha value is -0.650. The van der Waals surface area contributed by atoms with E-state index < -0.39 is 0 Å². The standard InChI is InChI=1S/C17H30N2O3/c20-16(15-5-4-10-22-13-15)18-14-17(6-2-1-3-7-17)19-8-11-21-12-9-19/h15H,1-14H2,(H,18,20). The number of carbonyl (C=O) groups is 1. The molecule has 1 saturated carbocycles. The second-order valence-corrected chi connectivity index (χ2v) is 7.02. The number of carbonyl (C=O) groups excluding carboxylic acids is 1. The molecule has 1 N–H and O–H groups in total. The van der Waals surface area contributed by atoms with Crippen LogP contribution in [0.5, 0.6) is 0 Å². The Morgan fingerprint density at radius 3 is 2.50 bits per heavy atom. The minimum atomic E-state index is 0.0547. The number of morpholine rings is 1. The van der Waals surface area contributed by atoms with Crippen molar-refractivity contribution in [2.45, 2.75) is 50.5 Å². The zero-order chi connectivity index (χ0) is 15.3. The molecule has 2 aliphatic heterocycles. The average Bonchev–Trinajstić information content (AvgIpc) is 2.62. The zero-order valence-corrected chi connectivity index (χ0v) is 13.6. The lowest BCUT2D eigenvalue weighted by Crippen LogP contribution is -2.60. The number of rotatable bonds is 4. The molecule has 3 rings (SSSR count). The molecule has 22 heavy (non-hydrogen) atoms. The third-order valence-electron chi connectivity index (χ3n) is 5.59. The summed E-state index contributed by atoms with van der Waals surface area (Å²) in [6.07, 6.45) is 8.27. The largest absolute Gasteiger partial charge is 0.381 e. The van der Waals surface area contributed by atoms with Crippen LogP contribution >= 0.6 is 0 Å². The molecule has 126 valence electrons. The fourth-order valence-corrected chi connectivity index (χ4v) is 4.20. The Kier molecular flexibility index (Phi) is 5.71. The summed E-state index contributed by atoms with van der Waals surface area (Å²) in [6.45, 7) is 5.85. The summed E-state index contributed by atoms with van der Waals surface area (Å²) in [6, 6.07) is 0. The smallest absolute Gasteiger partial charge is 0.225 e. The lowest BCUT2D eigenvalue weighted by atomic mass is 9.79. The molecule has 0 aromatic carbocycles. The third kappa shape index (κ3) is 3.81. The van der Waals surface area contributed by atoms with Crippen molar-refractivity contribution in [3.63, 3.8) is 0 Å². The van der Waals surface area contributed by atoms with Gasteiger partial charge in [0.1, 0.15) is 0 Å². The third-order valence-corrected chi connectivity index (χ3v) is 5.59. The van der Waals surface area contributed by atoms with Crippen LogP contribution in [0.3, 0.4) is 0 Å². The number of hydrogen-bond donors (Lipinski definition) is 1. The van der Waals surface area contributed by atoms with Crippen molar-refractivity contribution >= 4 is 5.91 Å². The van der Waals surface area contributed by atoms with E-state index in [0.717, 1.165) is 52.3 Å². The van der Waals surface area contributed by atoms with Gasteiger partial charge in [-0.15, -0.1) is 0 Å². The van der Waals surface area contributed by atoms with Crippen molar-refractivity contribution in [1.29, 1.82) is 0 Å². The highest BCUT2D eigenvalue weighted by Gasteiger charge is 2.39. The van der Waals surface area contributed by atoms with Crippen molar-refractivity contribution in [1.82, 2.24) is 10.2 Å². The molecule has 1 unspecified atom stereocenters. The topological polar surface area (TPSA) is 50.8 Å². The summed E-state index contributed by atoms with van der Waals surface area (Å²) in [5, 5.41) is 3.26. The van der Waals surface area contributed by atoms with Crippen LogP contribution < -0.4 is 5.32 Å². The van der Waals surface area contributed by atoms with Gasteiger partial charge in [0, 0.05) is 31.8 Å². The van der Waals surface area contributed by atoms with Gasteiger partial charge in [0.15, 0.2) is 0 Å². The molecule has 0 bridgehead atoms. The van der Waals surface area contributed by atoms with Crippen LogP contribution in [-0.2, 0) is 14.3 Å². The van der Waals surface area contributed by atoms with E-state index in [9.17, 15) is 4.79 Å². The maximum Gasteiger partial charge on any atom is 0.225 e. The highest BCUT2D eigenvalue weighted by Crippen LogP contribution is 2.34. The average molecular weight is 310 g/mol. The summed E-state index contributed by atoms with van der Waals surface area (Å²) in [5.74, 6) is 0.247. The predicted octanol–water partition coefficient (Wildman–Crippen LogP) is 1.56. The van der Waals surface area contributed by atoms with Gasteiger partial charge in [-0.25, -0.2) is 0 Å². The Balaban J connectivity index is 1.58. The Labute approximate surface area is 133 Å². The van der Waals surface area contributed by atoms with Gasteiger partial charge in [-0.1, -0.05) is 19.3 Å². The quantitative estimate of drug-likeness (QED) is 0.856. The lowest BCUT2D eigenvalue weighted by molar-refractivity contribution is -0.130. The SMILES string of the molecule is O=C(NCC1(N2CCOCC2)CCCCC1)C1CCCOC1. The minimum Gasteiger partial charge on any atom is -0.381 e. The number of ether oxygens (including phenoxy) is 2. The molecule has 1 amide bonds. The van der Waals surface area contributed by atoms with Gasteiger partial charge in [-0.3, -0.25) is 9.69 Å². The number of nitrogens with one attached hydrogen (secondary N) is 1. The Morgan fingerprint density at radius 1 is 1.05 bits per heavy atom. The monoisotopic (exact) mass is 310 g/mol. The van der Waals surface area contributed by atoms with E-state index in [1.807, 2.05) is 0 Å². The first-order valence-corrected chi connectivity index (χ1v) is 8.98. The summed E-state index contributed by atoms with van der Waals surface area (Å²) in [7, 11) is 0. The van der Waals surface area contributed by atoms with Gasteiger partial charge < -0.3 is 14.8 Å². The van der Waals surface area contributed by atoms with E-state index in [0.29, 0.717) is 6.61 Å². The van der Waals surface area contributed by atoms with Crippen molar-refractivity contribution in [2.24, 2.45) is 5.92 Å². The van der Waals surface area contributed by atoms with E-state index in [4.69, 9.17) is 9.47 Å². The number of nitrogens with zero attached hydrogens (tertiary/aromatic N) is 1. The molecule has 0 aromatic heterocycles. The molecule has 1 aliphatic carbocycles. The number of hydrogen-bond acceptors (Lipinski definition) is 4. The van der Waals surface area contributed by atoms with Crippen LogP contribution in [0.25, 0.3) is 0 Å².